The number of aromatic nitrogens is 2. The van der Waals surface area contributed by atoms with Gasteiger partial charge in [-0.1, -0.05) is 0 Å². The van der Waals surface area contributed by atoms with Crippen LogP contribution in [0.2, 0.25) is 0 Å². The molecule has 100 valence electrons. The highest BCUT2D eigenvalue weighted by Crippen LogP contribution is 2.27. The smallest absolute Gasteiger partial charge is 0.224 e. The molecule has 2 rings (SSSR count). The number of anilines is 2. The molecule has 0 spiro atoms. The van der Waals surface area contributed by atoms with Crippen LogP contribution in [0.3, 0.4) is 0 Å². The SMILES string of the molecule is CCNc1ncc(C)c(N2CCC(C(C)O)C2)n1. The minimum atomic E-state index is -0.245. The fourth-order valence-corrected chi connectivity index (χ4v) is 2.37. The molecule has 1 fully saturated rings. The third-order valence-electron chi connectivity index (χ3n) is 3.49. The number of hydrogen-bond donors (Lipinski definition) is 2. The Morgan fingerprint density at radius 3 is 3.00 bits per heavy atom. The Hall–Kier alpha value is -1.36. The Morgan fingerprint density at radius 2 is 2.39 bits per heavy atom. The Morgan fingerprint density at radius 1 is 1.61 bits per heavy atom. The van der Waals surface area contributed by atoms with Crippen LogP contribution in [0.5, 0.6) is 0 Å². The van der Waals surface area contributed by atoms with Crippen molar-refractivity contribution >= 4 is 11.8 Å². The second-order valence-corrected chi connectivity index (χ2v) is 4.97. The maximum absolute atomic E-state index is 9.65. The van der Waals surface area contributed by atoms with Gasteiger partial charge in [-0.25, -0.2) is 4.98 Å². The predicted octanol–water partition coefficient (Wildman–Crippen LogP) is 1.42. The van der Waals surface area contributed by atoms with Gasteiger partial charge in [0.15, 0.2) is 0 Å². The molecule has 1 aliphatic rings. The van der Waals surface area contributed by atoms with E-state index in [0.29, 0.717) is 11.9 Å². The molecule has 1 aromatic heterocycles. The molecule has 2 N–H and O–H groups in total. The van der Waals surface area contributed by atoms with E-state index in [1.54, 1.807) is 0 Å². The molecule has 0 bridgehead atoms. The molecule has 5 nitrogen and oxygen atoms in total. The van der Waals surface area contributed by atoms with Crippen molar-refractivity contribution < 1.29 is 5.11 Å². The lowest BCUT2D eigenvalue weighted by Crippen LogP contribution is -2.25. The summed E-state index contributed by atoms with van der Waals surface area (Å²) in [4.78, 5) is 11.1. The van der Waals surface area contributed by atoms with Crippen molar-refractivity contribution in [3.05, 3.63) is 11.8 Å². The van der Waals surface area contributed by atoms with Gasteiger partial charge in [-0.3, -0.25) is 0 Å². The molecule has 1 aromatic rings. The maximum atomic E-state index is 9.65. The van der Waals surface area contributed by atoms with E-state index in [0.717, 1.165) is 37.4 Å². The van der Waals surface area contributed by atoms with Crippen LogP contribution in [0.15, 0.2) is 6.20 Å². The highest BCUT2D eigenvalue weighted by molar-refractivity contribution is 5.49. The average molecular weight is 250 g/mol. The van der Waals surface area contributed by atoms with Crippen LogP contribution >= 0.6 is 0 Å². The van der Waals surface area contributed by atoms with Crippen molar-refractivity contribution in [3.63, 3.8) is 0 Å². The number of aryl methyl sites for hydroxylation is 1. The van der Waals surface area contributed by atoms with Crippen LogP contribution in [-0.4, -0.2) is 40.8 Å². The highest BCUT2D eigenvalue weighted by Gasteiger charge is 2.27. The zero-order chi connectivity index (χ0) is 13.1. The topological polar surface area (TPSA) is 61.3 Å². The molecular formula is C13H22N4O. The summed E-state index contributed by atoms with van der Waals surface area (Å²) in [5.41, 5.74) is 1.09. The van der Waals surface area contributed by atoms with Crippen molar-refractivity contribution in [3.8, 4) is 0 Å². The summed E-state index contributed by atoms with van der Waals surface area (Å²) >= 11 is 0. The lowest BCUT2D eigenvalue weighted by atomic mass is 10.0. The van der Waals surface area contributed by atoms with Gasteiger partial charge in [-0.15, -0.1) is 0 Å². The number of nitrogens with zero attached hydrogens (tertiary/aromatic N) is 3. The normalized spacial score (nSPS) is 21.1. The van der Waals surface area contributed by atoms with Gasteiger partial charge < -0.3 is 15.3 Å². The van der Waals surface area contributed by atoms with Crippen LogP contribution in [0.25, 0.3) is 0 Å². The van der Waals surface area contributed by atoms with Gasteiger partial charge in [-0.2, -0.15) is 4.98 Å². The number of nitrogens with one attached hydrogen (secondary N) is 1. The van der Waals surface area contributed by atoms with E-state index in [1.165, 1.54) is 0 Å². The molecule has 0 aliphatic carbocycles. The van der Waals surface area contributed by atoms with Crippen molar-refractivity contribution in [1.82, 2.24) is 9.97 Å². The molecule has 2 atom stereocenters. The van der Waals surface area contributed by atoms with E-state index in [1.807, 2.05) is 27.0 Å². The summed E-state index contributed by atoms with van der Waals surface area (Å²) in [6.07, 6.45) is 2.64. The highest BCUT2D eigenvalue weighted by atomic mass is 16.3. The Bertz CT molecular complexity index is 408. The monoisotopic (exact) mass is 250 g/mol. The molecule has 18 heavy (non-hydrogen) atoms. The largest absolute Gasteiger partial charge is 0.393 e. The fraction of sp³-hybridized carbons (Fsp3) is 0.692. The minimum absolute atomic E-state index is 0.245. The van der Waals surface area contributed by atoms with Gasteiger partial charge in [0.05, 0.1) is 6.10 Å². The summed E-state index contributed by atoms with van der Waals surface area (Å²) in [6.45, 7) is 8.58. The molecule has 0 radical (unpaired) electrons. The van der Waals surface area contributed by atoms with Crippen LogP contribution in [0.4, 0.5) is 11.8 Å². The van der Waals surface area contributed by atoms with Gasteiger partial charge in [0, 0.05) is 37.3 Å². The fourth-order valence-electron chi connectivity index (χ4n) is 2.37. The third-order valence-corrected chi connectivity index (χ3v) is 3.49. The van der Waals surface area contributed by atoms with Crippen molar-refractivity contribution in [1.29, 1.82) is 0 Å². The zero-order valence-corrected chi connectivity index (χ0v) is 11.3. The first-order valence-electron chi connectivity index (χ1n) is 6.62. The van der Waals surface area contributed by atoms with E-state index < -0.39 is 0 Å². The van der Waals surface area contributed by atoms with Gasteiger partial charge in [0.2, 0.25) is 5.95 Å². The molecule has 5 heteroatoms. The molecule has 1 aliphatic heterocycles. The second kappa shape index (κ2) is 5.52. The zero-order valence-electron chi connectivity index (χ0n) is 11.3. The van der Waals surface area contributed by atoms with E-state index in [4.69, 9.17) is 0 Å². The number of aliphatic hydroxyl groups excluding tert-OH is 1. The first kappa shape index (κ1) is 13.1. The van der Waals surface area contributed by atoms with Crippen LogP contribution in [0.1, 0.15) is 25.8 Å². The average Bonchev–Trinajstić information content (AvgIpc) is 2.81. The van der Waals surface area contributed by atoms with Crippen molar-refractivity contribution in [2.75, 3.05) is 29.9 Å². The molecule has 2 unspecified atom stereocenters. The first-order chi connectivity index (χ1) is 8.61. The maximum Gasteiger partial charge on any atom is 0.224 e. The van der Waals surface area contributed by atoms with Crippen molar-refractivity contribution in [2.45, 2.75) is 33.3 Å². The molecule has 0 aromatic carbocycles. The molecule has 1 saturated heterocycles. The number of hydrogen-bond acceptors (Lipinski definition) is 5. The quantitative estimate of drug-likeness (QED) is 0.846. The molecular weight excluding hydrogens is 228 g/mol. The number of rotatable bonds is 4. The van der Waals surface area contributed by atoms with E-state index in [9.17, 15) is 5.11 Å². The molecule has 0 amide bonds. The summed E-state index contributed by atoms with van der Waals surface area (Å²) < 4.78 is 0. The summed E-state index contributed by atoms with van der Waals surface area (Å²) in [5, 5.41) is 12.8. The van der Waals surface area contributed by atoms with Crippen LogP contribution in [-0.2, 0) is 0 Å². The molecule has 0 saturated carbocycles. The van der Waals surface area contributed by atoms with Crippen LogP contribution in [0, 0.1) is 12.8 Å². The number of aliphatic hydroxyl groups is 1. The predicted molar refractivity (Wildman–Crippen MR) is 72.9 cm³/mol. The van der Waals surface area contributed by atoms with Gasteiger partial charge in [0.25, 0.3) is 0 Å². The van der Waals surface area contributed by atoms with Crippen LogP contribution < -0.4 is 10.2 Å². The lowest BCUT2D eigenvalue weighted by Gasteiger charge is -2.20. The molecule has 2 heterocycles. The first-order valence-corrected chi connectivity index (χ1v) is 6.62. The Kier molecular flexibility index (Phi) is 4.01. The van der Waals surface area contributed by atoms with Gasteiger partial charge >= 0.3 is 0 Å². The second-order valence-electron chi connectivity index (χ2n) is 4.97. The minimum Gasteiger partial charge on any atom is -0.393 e. The van der Waals surface area contributed by atoms with Crippen molar-refractivity contribution in [2.24, 2.45) is 5.92 Å². The van der Waals surface area contributed by atoms with E-state index in [-0.39, 0.29) is 6.10 Å². The Balaban J connectivity index is 2.15. The Labute approximate surface area is 108 Å². The summed E-state index contributed by atoms with van der Waals surface area (Å²) in [5.74, 6) is 2.02. The van der Waals surface area contributed by atoms with E-state index in [2.05, 4.69) is 20.2 Å². The summed E-state index contributed by atoms with van der Waals surface area (Å²) in [6, 6.07) is 0. The lowest BCUT2D eigenvalue weighted by molar-refractivity contribution is 0.136. The summed E-state index contributed by atoms with van der Waals surface area (Å²) in [7, 11) is 0. The standard InChI is InChI=1S/C13H22N4O/c1-4-14-13-15-7-9(2)12(16-13)17-6-5-11(8-17)10(3)18/h7,10-11,18H,4-6,8H2,1-3H3,(H,14,15,16). The third kappa shape index (κ3) is 2.72. The van der Waals surface area contributed by atoms with E-state index >= 15 is 0 Å². The van der Waals surface area contributed by atoms with Gasteiger partial charge in [-0.05, 0) is 27.2 Å². The van der Waals surface area contributed by atoms with Gasteiger partial charge in [0.1, 0.15) is 5.82 Å².